The summed E-state index contributed by atoms with van der Waals surface area (Å²) in [7, 11) is 1.64. The van der Waals surface area contributed by atoms with Gasteiger partial charge in [0.25, 0.3) is 0 Å². The summed E-state index contributed by atoms with van der Waals surface area (Å²) < 4.78 is 5.16. The molecule has 3 fully saturated rings. The van der Waals surface area contributed by atoms with E-state index in [1.807, 2.05) is 29.2 Å². The van der Waals surface area contributed by atoms with Gasteiger partial charge in [-0.05, 0) is 69.2 Å². The Hall–Kier alpha value is -1.75. The van der Waals surface area contributed by atoms with Gasteiger partial charge < -0.3 is 20.3 Å². The first-order valence-electron chi connectivity index (χ1n) is 10.3. The molecule has 5 nitrogen and oxygen atoms in total. The van der Waals surface area contributed by atoms with Crippen LogP contribution in [-0.4, -0.2) is 37.3 Å². The van der Waals surface area contributed by atoms with Gasteiger partial charge in [0.2, 0.25) is 0 Å². The number of urea groups is 1. The first-order valence-corrected chi connectivity index (χ1v) is 10.3. The number of quaternary nitrogens is 1. The van der Waals surface area contributed by atoms with E-state index in [1.54, 1.807) is 7.11 Å². The SMILES string of the molecule is COc1ccc(NC(=O)NC2C[C@H]3CCC[C@H](C2)[NH+]3C2CCCC2)cc1. The van der Waals surface area contributed by atoms with Crippen molar-refractivity contribution in [3.05, 3.63) is 24.3 Å². The van der Waals surface area contributed by atoms with Gasteiger partial charge in [-0.3, -0.25) is 0 Å². The first kappa shape index (κ1) is 17.7. The van der Waals surface area contributed by atoms with Crippen molar-refractivity contribution in [2.24, 2.45) is 0 Å². The summed E-state index contributed by atoms with van der Waals surface area (Å²) in [5.74, 6) is 0.797. The van der Waals surface area contributed by atoms with Crippen LogP contribution < -0.4 is 20.3 Å². The molecule has 142 valence electrons. The average Bonchev–Trinajstić information content (AvgIpc) is 3.16. The molecule has 26 heavy (non-hydrogen) atoms. The van der Waals surface area contributed by atoms with E-state index in [0.29, 0.717) is 6.04 Å². The molecular formula is C21H32N3O2+. The Kier molecular flexibility index (Phi) is 5.34. The van der Waals surface area contributed by atoms with Crippen molar-refractivity contribution in [1.29, 1.82) is 0 Å². The van der Waals surface area contributed by atoms with E-state index in [0.717, 1.165) is 42.4 Å². The van der Waals surface area contributed by atoms with Gasteiger partial charge in [-0.1, -0.05) is 0 Å². The summed E-state index contributed by atoms with van der Waals surface area (Å²) in [4.78, 5) is 14.3. The molecule has 1 aromatic rings. The van der Waals surface area contributed by atoms with Crippen molar-refractivity contribution >= 4 is 11.7 Å². The van der Waals surface area contributed by atoms with Crippen LogP contribution in [0.1, 0.15) is 57.8 Å². The van der Waals surface area contributed by atoms with Crippen molar-refractivity contribution in [1.82, 2.24) is 5.32 Å². The molecule has 2 amide bonds. The number of fused-ring (bicyclic) bond motifs is 2. The molecule has 0 radical (unpaired) electrons. The monoisotopic (exact) mass is 358 g/mol. The fourth-order valence-corrected chi connectivity index (χ4v) is 5.64. The molecule has 4 rings (SSSR count). The van der Waals surface area contributed by atoms with Crippen LogP contribution in [0.25, 0.3) is 0 Å². The number of amides is 2. The van der Waals surface area contributed by atoms with Gasteiger partial charge in [-0.2, -0.15) is 0 Å². The highest BCUT2D eigenvalue weighted by atomic mass is 16.5. The molecule has 5 heteroatoms. The fraction of sp³-hybridized carbons (Fsp3) is 0.667. The standard InChI is InChI=1S/C21H31N3O2/c1-26-20-11-9-15(10-12-20)22-21(25)23-16-13-18-7-4-8-19(14-16)24(18)17-5-2-3-6-17/h9-12,16-19H,2-8,13-14H2,1H3,(H2,22,23,25)/p+1/t18-,19-/m1/s1. The molecule has 0 aromatic heterocycles. The molecule has 3 aliphatic rings. The predicted octanol–water partition coefficient (Wildman–Crippen LogP) is 2.73. The van der Waals surface area contributed by atoms with Gasteiger partial charge in [0, 0.05) is 24.6 Å². The Balaban J connectivity index is 1.33. The molecule has 3 N–H and O–H groups in total. The number of carbonyl (C=O) groups is 1. The van der Waals surface area contributed by atoms with Crippen LogP contribution in [-0.2, 0) is 0 Å². The Morgan fingerprint density at radius 2 is 1.58 bits per heavy atom. The molecule has 2 atom stereocenters. The second-order valence-electron chi connectivity index (χ2n) is 8.30. The maximum absolute atomic E-state index is 12.4. The van der Waals surface area contributed by atoms with Gasteiger partial charge in [0.05, 0.1) is 25.2 Å². The van der Waals surface area contributed by atoms with E-state index in [4.69, 9.17) is 4.74 Å². The fourth-order valence-electron chi connectivity index (χ4n) is 5.64. The Morgan fingerprint density at radius 3 is 2.19 bits per heavy atom. The number of carbonyl (C=O) groups excluding carboxylic acids is 1. The van der Waals surface area contributed by atoms with Crippen LogP contribution in [0.15, 0.2) is 24.3 Å². The normalized spacial score (nSPS) is 31.4. The number of anilines is 1. The number of methoxy groups -OCH3 is 1. The third-order valence-electron chi connectivity index (χ3n) is 6.70. The van der Waals surface area contributed by atoms with Crippen LogP contribution in [0.4, 0.5) is 10.5 Å². The molecule has 2 heterocycles. The zero-order chi connectivity index (χ0) is 17.9. The summed E-state index contributed by atoms with van der Waals surface area (Å²) in [5, 5.41) is 6.20. The second-order valence-corrected chi connectivity index (χ2v) is 8.30. The first-order chi connectivity index (χ1) is 12.7. The minimum atomic E-state index is -0.0810. The number of benzene rings is 1. The van der Waals surface area contributed by atoms with Crippen molar-refractivity contribution in [3.63, 3.8) is 0 Å². The minimum absolute atomic E-state index is 0.0810. The number of hydrogen-bond acceptors (Lipinski definition) is 2. The number of nitrogens with one attached hydrogen (secondary N) is 3. The van der Waals surface area contributed by atoms with Gasteiger partial charge in [-0.25, -0.2) is 4.79 Å². The lowest BCUT2D eigenvalue weighted by molar-refractivity contribution is -0.982. The second kappa shape index (κ2) is 7.87. The van der Waals surface area contributed by atoms with E-state index in [-0.39, 0.29) is 6.03 Å². The zero-order valence-electron chi connectivity index (χ0n) is 15.8. The van der Waals surface area contributed by atoms with E-state index < -0.39 is 0 Å². The van der Waals surface area contributed by atoms with Gasteiger partial charge in [0.1, 0.15) is 5.75 Å². The molecular weight excluding hydrogens is 326 g/mol. The topological polar surface area (TPSA) is 54.8 Å². The van der Waals surface area contributed by atoms with Crippen molar-refractivity contribution in [2.45, 2.75) is 82.0 Å². The summed E-state index contributed by atoms with van der Waals surface area (Å²) in [5.41, 5.74) is 0.803. The minimum Gasteiger partial charge on any atom is -0.497 e. The Labute approximate surface area is 156 Å². The average molecular weight is 359 g/mol. The molecule has 1 saturated carbocycles. The quantitative estimate of drug-likeness (QED) is 0.775. The van der Waals surface area contributed by atoms with Crippen LogP contribution in [0.3, 0.4) is 0 Å². The highest BCUT2D eigenvalue weighted by Gasteiger charge is 2.46. The third kappa shape index (κ3) is 3.83. The maximum Gasteiger partial charge on any atom is 0.319 e. The lowest BCUT2D eigenvalue weighted by atomic mass is 9.80. The van der Waals surface area contributed by atoms with Gasteiger partial charge >= 0.3 is 6.03 Å². The smallest absolute Gasteiger partial charge is 0.319 e. The molecule has 2 saturated heterocycles. The molecule has 0 spiro atoms. The van der Waals surface area contributed by atoms with Crippen LogP contribution in [0, 0.1) is 0 Å². The molecule has 0 unspecified atom stereocenters. The van der Waals surface area contributed by atoms with Gasteiger partial charge in [-0.15, -0.1) is 0 Å². The molecule has 2 bridgehead atoms. The molecule has 1 aromatic carbocycles. The predicted molar refractivity (Wildman–Crippen MR) is 103 cm³/mol. The van der Waals surface area contributed by atoms with Crippen molar-refractivity contribution in [3.8, 4) is 5.75 Å². The summed E-state index contributed by atoms with van der Waals surface area (Å²) in [6, 6.07) is 10.1. The lowest BCUT2D eigenvalue weighted by Crippen LogP contribution is -3.24. The Bertz CT molecular complexity index is 598. The highest BCUT2D eigenvalue weighted by Crippen LogP contribution is 2.26. The summed E-state index contributed by atoms with van der Waals surface area (Å²) in [6.07, 6.45) is 12.0. The highest BCUT2D eigenvalue weighted by molar-refractivity contribution is 5.89. The van der Waals surface area contributed by atoms with Crippen LogP contribution in [0.5, 0.6) is 5.75 Å². The maximum atomic E-state index is 12.4. The largest absolute Gasteiger partial charge is 0.497 e. The van der Waals surface area contributed by atoms with Gasteiger partial charge in [0.15, 0.2) is 0 Å². The van der Waals surface area contributed by atoms with Crippen molar-refractivity contribution in [2.75, 3.05) is 12.4 Å². The zero-order valence-corrected chi connectivity index (χ0v) is 15.8. The number of piperidine rings is 2. The summed E-state index contributed by atoms with van der Waals surface area (Å²) >= 11 is 0. The lowest BCUT2D eigenvalue weighted by Gasteiger charge is -2.48. The van der Waals surface area contributed by atoms with Crippen LogP contribution >= 0.6 is 0 Å². The van der Waals surface area contributed by atoms with E-state index >= 15 is 0 Å². The van der Waals surface area contributed by atoms with E-state index in [9.17, 15) is 4.79 Å². The number of hydrogen-bond donors (Lipinski definition) is 3. The van der Waals surface area contributed by atoms with E-state index in [2.05, 4.69) is 10.6 Å². The van der Waals surface area contributed by atoms with E-state index in [1.165, 1.54) is 44.9 Å². The van der Waals surface area contributed by atoms with Crippen LogP contribution in [0.2, 0.25) is 0 Å². The third-order valence-corrected chi connectivity index (χ3v) is 6.70. The number of rotatable bonds is 4. The molecule has 1 aliphatic carbocycles. The number of ether oxygens (including phenoxy) is 1. The summed E-state index contributed by atoms with van der Waals surface area (Å²) in [6.45, 7) is 0. The Morgan fingerprint density at radius 1 is 0.962 bits per heavy atom. The molecule has 2 aliphatic heterocycles. The van der Waals surface area contributed by atoms with Crippen molar-refractivity contribution < 1.29 is 14.4 Å².